The van der Waals surface area contributed by atoms with Crippen molar-refractivity contribution < 1.29 is 28.7 Å². The van der Waals surface area contributed by atoms with Crippen molar-refractivity contribution in [2.45, 2.75) is 70.9 Å². The topological polar surface area (TPSA) is 196 Å². The second-order valence-corrected chi connectivity index (χ2v) is 14.9. The number of nitrogens with one attached hydrogen (secondary N) is 5. The molecule has 4 amide bonds. The van der Waals surface area contributed by atoms with Gasteiger partial charge in [0.1, 0.15) is 17.7 Å². The minimum Gasteiger partial charge on any atom is -0.453 e. The zero-order chi connectivity index (χ0) is 40.1. The number of hydrogen-bond acceptors (Lipinski definition) is 9. The number of aromatic amines is 2. The molecule has 2 aliphatic rings. The smallest absolute Gasteiger partial charge is 0.407 e. The number of likely N-dealkylation sites (tertiary alicyclic amines) is 1. The van der Waals surface area contributed by atoms with Crippen LogP contribution >= 0.6 is 0 Å². The molecule has 2 unspecified atom stereocenters. The molecule has 1 fully saturated rings. The number of pyridine rings is 1. The molecule has 0 spiro atoms. The van der Waals surface area contributed by atoms with Crippen molar-refractivity contribution in [1.29, 1.82) is 0 Å². The van der Waals surface area contributed by atoms with Crippen molar-refractivity contribution in [2.24, 2.45) is 5.92 Å². The summed E-state index contributed by atoms with van der Waals surface area (Å²) in [7, 11) is 2.55. The van der Waals surface area contributed by atoms with Crippen LogP contribution in [0, 0.1) is 5.92 Å². The van der Waals surface area contributed by atoms with Gasteiger partial charge in [0.2, 0.25) is 11.8 Å². The molecule has 57 heavy (non-hydrogen) atoms. The molecule has 298 valence electrons. The van der Waals surface area contributed by atoms with Crippen LogP contribution in [0.2, 0.25) is 0 Å². The summed E-state index contributed by atoms with van der Waals surface area (Å²) in [5, 5.41) is 8.89. The lowest BCUT2D eigenvalue weighted by Gasteiger charge is -2.30. The van der Waals surface area contributed by atoms with Gasteiger partial charge in [-0.3, -0.25) is 9.59 Å². The molecule has 0 saturated carbocycles. The minimum atomic E-state index is -0.681. The number of nitrogens with zero attached hydrogens (tertiary/aromatic N) is 4. The number of aryl methyl sites for hydroxylation is 3. The van der Waals surface area contributed by atoms with E-state index in [4.69, 9.17) is 14.7 Å². The molecule has 0 bridgehead atoms. The number of hydrogen-bond donors (Lipinski definition) is 5. The highest BCUT2D eigenvalue weighted by atomic mass is 16.5. The highest BCUT2D eigenvalue weighted by molar-refractivity contribution is 5.87. The van der Waals surface area contributed by atoms with Gasteiger partial charge in [-0.1, -0.05) is 38.1 Å². The van der Waals surface area contributed by atoms with Crippen LogP contribution in [0.25, 0.3) is 44.7 Å². The van der Waals surface area contributed by atoms with Crippen molar-refractivity contribution >= 4 is 34.9 Å². The highest BCUT2D eigenvalue weighted by Crippen LogP contribution is 2.38. The van der Waals surface area contributed by atoms with Crippen molar-refractivity contribution in [2.75, 3.05) is 33.9 Å². The van der Waals surface area contributed by atoms with Crippen LogP contribution in [-0.4, -0.2) is 93.7 Å². The summed E-state index contributed by atoms with van der Waals surface area (Å²) in [5.41, 5.74) is 9.09. The van der Waals surface area contributed by atoms with Crippen LogP contribution in [0.1, 0.15) is 68.5 Å². The molecule has 15 heteroatoms. The molecular formula is C42H49N9O6. The van der Waals surface area contributed by atoms with Gasteiger partial charge in [0.25, 0.3) is 0 Å². The molecule has 5 aromatic rings. The lowest BCUT2D eigenvalue weighted by atomic mass is 9.90. The third-order valence-electron chi connectivity index (χ3n) is 10.7. The third-order valence-corrected chi connectivity index (χ3v) is 10.7. The van der Waals surface area contributed by atoms with Gasteiger partial charge in [0, 0.05) is 47.3 Å². The van der Waals surface area contributed by atoms with Gasteiger partial charge in [-0.2, -0.15) is 0 Å². The molecule has 5 N–H and O–H groups in total. The predicted molar refractivity (Wildman–Crippen MR) is 214 cm³/mol. The third kappa shape index (κ3) is 8.77. The van der Waals surface area contributed by atoms with Gasteiger partial charge in [0.05, 0.1) is 55.6 Å². The molecule has 0 radical (unpaired) electrons. The standard InChI is InChI=1S/C42H49N9O6/c1-24(2)37(50-42(55)57-4)40(53)51-19-7-8-34(51)39-48-32-17-11-25-20-26(10-14-29(25)38(32)49-39)30-15-12-27-21-28(13-16-31(27)46-30)33-22-44-35(47-33)9-5-6-18-43-36(52)23-45-41(54)56-3/h10,12-16,20-22,24,34,37H,5-9,11,17-19,23H2,1-4H3,(H,43,52)(H,44,47)(H,45,54)(H,48,49)(H,50,55). The Balaban J connectivity index is 0.988. The number of H-pyrrole nitrogens is 2. The first-order valence-corrected chi connectivity index (χ1v) is 19.5. The number of benzene rings is 2. The molecule has 3 aromatic heterocycles. The molecular weight excluding hydrogens is 727 g/mol. The SMILES string of the molecule is COC(=O)NCC(=O)NCCCCc1ncc(-c2ccc3nc(-c4ccc5c(c4)CCc4[nH]c(C6CCCN6C(=O)C(NC(=O)OC)C(C)C)nc4-5)ccc3c2)[nH]1. The molecule has 2 atom stereocenters. The summed E-state index contributed by atoms with van der Waals surface area (Å²) in [5.74, 6) is 1.18. The Morgan fingerprint density at radius 1 is 0.912 bits per heavy atom. The van der Waals surface area contributed by atoms with E-state index >= 15 is 0 Å². The lowest BCUT2D eigenvalue weighted by molar-refractivity contribution is -0.135. The van der Waals surface area contributed by atoms with E-state index < -0.39 is 18.2 Å². The van der Waals surface area contributed by atoms with Crippen LogP contribution in [-0.2, 0) is 38.3 Å². The fourth-order valence-electron chi connectivity index (χ4n) is 7.66. The number of carbonyl (C=O) groups is 4. The van der Waals surface area contributed by atoms with Crippen molar-refractivity contribution in [3.05, 3.63) is 77.6 Å². The maximum absolute atomic E-state index is 13.7. The maximum Gasteiger partial charge on any atom is 0.407 e. The van der Waals surface area contributed by atoms with Gasteiger partial charge >= 0.3 is 12.2 Å². The summed E-state index contributed by atoms with van der Waals surface area (Å²) >= 11 is 0. The number of alkyl carbamates (subject to hydrolysis) is 2. The van der Waals surface area contributed by atoms with E-state index in [0.29, 0.717) is 13.1 Å². The summed E-state index contributed by atoms with van der Waals surface area (Å²) in [4.78, 5) is 72.1. The molecule has 1 aliphatic heterocycles. The van der Waals surface area contributed by atoms with Crippen LogP contribution in [0.4, 0.5) is 9.59 Å². The normalized spacial score (nSPS) is 15.2. The zero-order valence-electron chi connectivity index (χ0n) is 32.7. The van der Waals surface area contributed by atoms with E-state index in [1.54, 1.807) is 0 Å². The predicted octanol–water partition coefficient (Wildman–Crippen LogP) is 5.62. The van der Waals surface area contributed by atoms with Gasteiger partial charge in [-0.15, -0.1) is 0 Å². The van der Waals surface area contributed by atoms with E-state index in [2.05, 4.69) is 78.1 Å². The van der Waals surface area contributed by atoms with Crippen LogP contribution < -0.4 is 16.0 Å². The number of ether oxygens (including phenoxy) is 2. The maximum atomic E-state index is 13.7. The largest absolute Gasteiger partial charge is 0.453 e. The van der Waals surface area contributed by atoms with Gasteiger partial charge in [-0.25, -0.2) is 24.5 Å². The Kier molecular flexibility index (Phi) is 11.8. The van der Waals surface area contributed by atoms with E-state index in [1.807, 2.05) is 31.0 Å². The quantitative estimate of drug-likeness (QED) is 0.0944. The second-order valence-electron chi connectivity index (χ2n) is 14.9. The van der Waals surface area contributed by atoms with Gasteiger partial charge in [0.15, 0.2) is 0 Å². The van der Waals surface area contributed by atoms with Gasteiger partial charge < -0.3 is 40.3 Å². The molecule has 7 rings (SSSR count). The molecule has 4 heterocycles. The monoisotopic (exact) mass is 775 g/mol. The van der Waals surface area contributed by atoms with E-state index in [9.17, 15) is 19.2 Å². The number of methoxy groups -OCH3 is 2. The van der Waals surface area contributed by atoms with E-state index in [-0.39, 0.29) is 30.3 Å². The van der Waals surface area contributed by atoms with Crippen LogP contribution in [0.3, 0.4) is 0 Å². The molecule has 15 nitrogen and oxygen atoms in total. The van der Waals surface area contributed by atoms with Crippen molar-refractivity contribution in [1.82, 2.24) is 45.8 Å². The molecule has 1 aliphatic carbocycles. The number of carbonyl (C=O) groups excluding carboxylic acids is 4. The summed E-state index contributed by atoms with van der Waals surface area (Å²) in [6.07, 6.45) is 6.30. The fraction of sp³-hybridized carbons (Fsp3) is 0.405. The Bertz CT molecular complexity index is 2280. The molecule has 2 aromatic carbocycles. The second kappa shape index (κ2) is 17.3. The number of imidazole rings is 2. The number of fused-ring (bicyclic) bond motifs is 4. The first-order chi connectivity index (χ1) is 27.6. The number of rotatable bonds is 13. The Morgan fingerprint density at radius 3 is 2.54 bits per heavy atom. The first-order valence-electron chi connectivity index (χ1n) is 19.5. The lowest BCUT2D eigenvalue weighted by Crippen LogP contribution is -2.51. The summed E-state index contributed by atoms with van der Waals surface area (Å²) < 4.78 is 9.25. The van der Waals surface area contributed by atoms with E-state index in [1.165, 1.54) is 19.8 Å². The summed E-state index contributed by atoms with van der Waals surface area (Å²) in [6.45, 7) is 4.83. The molecule has 1 saturated heterocycles. The van der Waals surface area contributed by atoms with Crippen LogP contribution in [0.5, 0.6) is 0 Å². The first kappa shape index (κ1) is 39.0. The average molecular weight is 776 g/mol. The zero-order valence-corrected chi connectivity index (χ0v) is 32.7. The highest BCUT2D eigenvalue weighted by Gasteiger charge is 2.38. The number of aromatic nitrogens is 5. The fourth-order valence-corrected chi connectivity index (χ4v) is 7.66. The summed E-state index contributed by atoms with van der Waals surface area (Å²) in [6, 6.07) is 15.9. The van der Waals surface area contributed by atoms with Crippen LogP contribution in [0.15, 0.2) is 54.7 Å². The number of unbranched alkanes of at least 4 members (excludes halogenated alkanes) is 1. The van der Waals surface area contributed by atoms with E-state index in [0.717, 1.165) is 107 Å². The Morgan fingerprint density at radius 2 is 1.74 bits per heavy atom. The van der Waals surface area contributed by atoms with Crippen molar-refractivity contribution in [3.63, 3.8) is 0 Å². The average Bonchev–Trinajstić information content (AvgIpc) is 4.01. The van der Waals surface area contributed by atoms with Gasteiger partial charge in [-0.05, 0) is 74.3 Å². The minimum absolute atomic E-state index is 0.0991. The Labute approximate surface area is 330 Å². The Hall–Kier alpha value is -6.25. The number of amides is 4. The van der Waals surface area contributed by atoms with Crippen molar-refractivity contribution in [3.8, 4) is 33.8 Å².